The average Bonchev–Trinajstić information content (AvgIpc) is 3.07. The fourth-order valence-corrected chi connectivity index (χ4v) is 4.26. The number of hydrogen-bond acceptors (Lipinski definition) is 5. The zero-order chi connectivity index (χ0) is 16.1. The third kappa shape index (κ3) is 4.11. The molecule has 6 nitrogen and oxygen atoms in total. The Bertz CT molecular complexity index is 695. The van der Waals surface area contributed by atoms with E-state index in [1.165, 1.54) is 10.6 Å². The number of rotatable bonds is 6. The van der Waals surface area contributed by atoms with E-state index >= 15 is 0 Å². The van der Waals surface area contributed by atoms with Crippen molar-refractivity contribution in [1.82, 2.24) is 4.98 Å². The molecule has 0 saturated carbocycles. The zero-order valence-electron chi connectivity index (χ0n) is 12.8. The molecule has 0 spiro atoms. The van der Waals surface area contributed by atoms with Crippen molar-refractivity contribution in [2.75, 3.05) is 16.7 Å². The van der Waals surface area contributed by atoms with Gasteiger partial charge < -0.3 is 9.15 Å². The van der Waals surface area contributed by atoms with E-state index in [-0.39, 0.29) is 18.4 Å². The van der Waals surface area contributed by atoms with Gasteiger partial charge in [0.2, 0.25) is 10.0 Å². The largest absolute Gasteiger partial charge is 0.467 e. The van der Waals surface area contributed by atoms with E-state index < -0.39 is 10.0 Å². The first kappa shape index (κ1) is 16.0. The lowest BCUT2D eigenvalue weighted by Gasteiger charge is -2.27. The van der Waals surface area contributed by atoms with Crippen LogP contribution < -0.4 is 4.31 Å². The van der Waals surface area contributed by atoms with E-state index in [1.54, 1.807) is 36.5 Å². The molecule has 0 radical (unpaired) electrons. The lowest BCUT2D eigenvalue weighted by Crippen LogP contribution is -2.38. The molecule has 23 heavy (non-hydrogen) atoms. The molecule has 1 atom stereocenters. The molecule has 2 aromatic rings. The highest BCUT2D eigenvalue weighted by molar-refractivity contribution is 7.92. The van der Waals surface area contributed by atoms with Crippen LogP contribution in [0.2, 0.25) is 0 Å². The summed E-state index contributed by atoms with van der Waals surface area (Å²) in [5.41, 5.74) is 0. The Balaban J connectivity index is 1.84. The SMILES string of the molecule is O=S(=O)(C[C@@H]1CCCCO1)N(Cc1ccco1)c1ccccn1. The number of sulfonamides is 1. The van der Waals surface area contributed by atoms with Gasteiger partial charge in [0.15, 0.2) is 0 Å². The summed E-state index contributed by atoms with van der Waals surface area (Å²) in [5, 5.41) is 0. The molecule has 0 aliphatic carbocycles. The summed E-state index contributed by atoms with van der Waals surface area (Å²) in [6.45, 7) is 0.751. The molecule has 0 aromatic carbocycles. The highest BCUT2D eigenvalue weighted by Crippen LogP contribution is 2.22. The summed E-state index contributed by atoms with van der Waals surface area (Å²) in [6.07, 6.45) is 5.63. The van der Waals surface area contributed by atoms with Crippen molar-refractivity contribution in [3.05, 3.63) is 48.6 Å². The second-order valence-corrected chi connectivity index (χ2v) is 7.48. The minimum absolute atomic E-state index is 0.0374. The maximum atomic E-state index is 12.9. The van der Waals surface area contributed by atoms with Gasteiger partial charge in [-0.1, -0.05) is 6.07 Å². The quantitative estimate of drug-likeness (QED) is 0.811. The third-order valence-corrected chi connectivity index (χ3v) is 5.57. The molecule has 0 unspecified atom stereocenters. The Morgan fingerprint density at radius 3 is 2.78 bits per heavy atom. The number of anilines is 1. The molecular weight excluding hydrogens is 316 g/mol. The number of pyridine rings is 1. The molecule has 0 N–H and O–H groups in total. The molecule has 124 valence electrons. The van der Waals surface area contributed by atoms with Crippen LogP contribution in [0.5, 0.6) is 0 Å². The first-order chi connectivity index (χ1) is 11.1. The van der Waals surface area contributed by atoms with Gasteiger partial charge in [0.05, 0.1) is 24.7 Å². The van der Waals surface area contributed by atoms with E-state index in [0.29, 0.717) is 18.2 Å². The number of ether oxygens (including phenoxy) is 1. The smallest absolute Gasteiger partial charge is 0.239 e. The summed E-state index contributed by atoms with van der Waals surface area (Å²) in [7, 11) is -3.57. The van der Waals surface area contributed by atoms with Gasteiger partial charge in [-0.05, 0) is 43.5 Å². The molecule has 1 aliphatic rings. The summed E-state index contributed by atoms with van der Waals surface area (Å²) in [4.78, 5) is 4.18. The molecular formula is C16H20N2O4S. The minimum Gasteiger partial charge on any atom is -0.467 e. The van der Waals surface area contributed by atoms with Crippen LogP contribution >= 0.6 is 0 Å². The van der Waals surface area contributed by atoms with Gasteiger partial charge in [0.25, 0.3) is 0 Å². The van der Waals surface area contributed by atoms with Crippen molar-refractivity contribution >= 4 is 15.8 Å². The molecule has 0 bridgehead atoms. The molecule has 7 heteroatoms. The first-order valence-electron chi connectivity index (χ1n) is 7.70. The summed E-state index contributed by atoms with van der Waals surface area (Å²) in [5.74, 6) is 0.924. The lowest BCUT2D eigenvalue weighted by atomic mass is 10.1. The number of furan rings is 1. The Labute approximate surface area is 136 Å². The zero-order valence-corrected chi connectivity index (χ0v) is 13.6. The summed E-state index contributed by atoms with van der Waals surface area (Å²) in [6, 6.07) is 8.70. The van der Waals surface area contributed by atoms with Gasteiger partial charge in [0, 0.05) is 12.8 Å². The third-order valence-electron chi connectivity index (χ3n) is 3.79. The molecule has 3 heterocycles. The standard InChI is InChI=1S/C16H20N2O4S/c19-23(20,13-15-6-2-4-10-22-15)18(12-14-7-5-11-21-14)16-8-1-3-9-17-16/h1,3,5,7-9,11,15H,2,4,6,10,12-13H2/t15-/m0/s1. The van der Waals surface area contributed by atoms with E-state index in [2.05, 4.69) is 4.98 Å². The van der Waals surface area contributed by atoms with E-state index in [4.69, 9.17) is 9.15 Å². The molecule has 1 fully saturated rings. The maximum Gasteiger partial charge on any atom is 0.239 e. The van der Waals surface area contributed by atoms with Gasteiger partial charge in [-0.15, -0.1) is 0 Å². The van der Waals surface area contributed by atoms with Crippen molar-refractivity contribution in [2.24, 2.45) is 0 Å². The van der Waals surface area contributed by atoms with Crippen LogP contribution in [0.4, 0.5) is 5.82 Å². The van der Waals surface area contributed by atoms with Crippen LogP contribution in [0.1, 0.15) is 25.0 Å². The highest BCUT2D eigenvalue weighted by Gasteiger charge is 2.29. The van der Waals surface area contributed by atoms with Crippen LogP contribution in [0, 0.1) is 0 Å². The normalized spacial score (nSPS) is 18.7. The van der Waals surface area contributed by atoms with Crippen LogP contribution in [-0.2, 0) is 21.3 Å². The number of hydrogen-bond donors (Lipinski definition) is 0. The second kappa shape index (κ2) is 7.14. The number of aromatic nitrogens is 1. The van der Waals surface area contributed by atoms with Crippen molar-refractivity contribution in [2.45, 2.75) is 31.9 Å². The topological polar surface area (TPSA) is 72.6 Å². The van der Waals surface area contributed by atoms with Gasteiger partial charge >= 0.3 is 0 Å². The number of nitrogens with zero attached hydrogens (tertiary/aromatic N) is 2. The van der Waals surface area contributed by atoms with Crippen molar-refractivity contribution in [3.8, 4) is 0 Å². The van der Waals surface area contributed by atoms with E-state index in [1.807, 2.05) is 0 Å². The van der Waals surface area contributed by atoms with Crippen molar-refractivity contribution in [1.29, 1.82) is 0 Å². The Morgan fingerprint density at radius 2 is 2.13 bits per heavy atom. The molecule has 1 saturated heterocycles. The van der Waals surface area contributed by atoms with Gasteiger partial charge in [-0.3, -0.25) is 0 Å². The van der Waals surface area contributed by atoms with Gasteiger partial charge in [-0.2, -0.15) is 0 Å². The first-order valence-corrected chi connectivity index (χ1v) is 9.31. The summed E-state index contributed by atoms with van der Waals surface area (Å²) >= 11 is 0. The van der Waals surface area contributed by atoms with E-state index in [0.717, 1.165) is 19.3 Å². The predicted octanol–water partition coefficient (Wildman–Crippen LogP) is 2.58. The Morgan fingerprint density at radius 1 is 1.22 bits per heavy atom. The van der Waals surface area contributed by atoms with Crippen LogP contribution in [0.15, 0.2) is 47.2 Å². The van der Waals surface area contributed by atoms with Gasteiger partial charge in [0.1, 0.15) is 11.6 Å². The minimum atomic E-state index is -3.57. The van der Waals surface area contributed by atoms with Crippen LogP contribution in [0.3, 0.4) is 0 Å². The average molecular weight is 336 g/mol. The monoisotopic (exact) mass is 336 g/mol. The van der Waals surface area contributed by atoms with Crippen LogP contribution in [-0.4, -0.2) is 31.9 Å². The van der Waals surface area contributed by atoms with Gasteiger partial charge in [-0.25, -0.2) is 17.7 Å². The molecule has 1 aliphatic heterocycles. The lowest BCUT2D eigenvalue weighted by molar-refractivity contribution is 0.0305. The molecule has 2 aromatic heterocycles. The summed E-state index contributed by atoms with van der Waals surface area (Å²) < 4.78 is 38.0. The fourth-order valence-electron chi connectivity index (χ4n) is 2.63. The second-order valence-electron chi connectivity index (χ2n) is 5.54. The Kier molecular flexibility index (Phi) is 4.97. The van der Waals surface area contributed by atoms with E-state index in [9.17, 15) is 8.42 Å². The maximum absolute atomic E-state index is 12.9. The van der Waals surface area contributed by atoms with Crippen molar-refractivity contribution < 1.29 is 17.6 Å². The molecule has 0 amide bonds. The molecule has 3 rings (SSSR count). The predicted molar refractivity (Wildman–Crippen MR) is 86.5 cm³/mol. The van der Waals surface area contributed by atoms with Crippen molar-refractivity contribution in [3.63, 3.8) is 0 Å². The Hall–Kier alpha value is -1.86. The fraction of sp³-hybridized carbons (Fsp3) is 0.438. The van der Waals surface area contributed by atoms with Crippen LogP contribution in [0.25, 0.3) is 0 Å². The highest BCUT2D eigenvalue weighted by atomic mass is 32.2.